The van der Waals surface area contributed by atoms with Crippen molar-refractivity contribution >= 4 is 33.7 Å². The van der Waals surface area contributed by atoms with E-state index in [1.165, 1.54) is 7.11 Å². The molecule has 0 spiro atoms. The second kappa shape index (κ2) is 6.54. The third kappa shape index (κ3) is 4.26. The topological polar surface area (TPSA) is 51.2 Å². The van der Waals surface area contributed by atoms with Crippen LogP contribution in [0.1, 0.15) is 12.8 Å². The Morgan fingerprint density at radius 2 is 2.44 bits per heavy atom. The fraction of sp³-hybridized carbons (Fsp3) is 0.500. The molecule has 1 heterocycles. The maximum absolute atomic E-state index is 11.6. The smallest absolute Gasteiger partial charge is 0.323 e. The van der Waals surface area contributed by atoms with E-state index in [1.54, 1.807) is 18.0 Å². The van der Waals surface area contributed by atoms with Crippen LogP contribution in [0.15, 0.2) is 27.8 Å². The number of carbonyl (C=O) groups is 1. The normalized spacial score (nSPS) is 16.3. The lowest BCUT2D eigenvalue weighted by Gasteiger charge is -2.15. The highest BCUT2D eigenvalue weighted by Crippen LogP contribution is 2.23. The summed E-state index contributed by atoms with van der Waals surface area (Å²) in [4.78, 5) is 15.9. The largest absolute Gasteiger partial charge is 0.468 e. The quantitative estimate of drug-likeness (QED) is 0.640. The van der Waals surface area contributed by atoms with Crippen LogP contribution in [0.25, 0.3) is 0 Å². The van der Waals surface area contributed by atoms with Crippen molar-refractivity contribution in [2.75, 3.05) is 12.9 Å². The molecular formula is C12H15BrN2O2S. The third-order valence-corrected chi connectivity index (χ3v) is 4.10. The summed E-state index contributed by atoms with van der Waals surface area (Å²) in [5, 5.41) is 4.20. The summed E-state index contributed by atoms with van der Waals surface area (Å²) in [6, 6.07) is 4.10. The van der Waals surface area contributed by atoms with Crippen LogP contribution < -0.4 is 5.32 Å². The second-order valence-electron chi connectivity index (χ2n) is 4.14. The van der Waals surface area contributed by atoms with E-state index in [1.807, 2.05) is 12.1 Å². The van der Waals surface area contributed by atoms with Gasteiger partial charge in [-0.2, -0.15) is 0 Å². The Kier molecular flexibility index (Phi) is 5.03. The number of aromatic nitrogens is 1. The molecule has 2 rings (SSSR count). The van der Waals surface area contributed by atoms with E-state index in [4.69, 9.17) is 4.74 Å². The lowest BCUT2D eigenvalue weighted by molar-refractivity contribution is -0.142. The van der Waals surface area contributed by atoms with Crippen molar-refractivity contribution in [1.29, 1.82) is 0 Å². The highest BCUT2D eigenvalue weighted by molar-refractivity contribution is 9.10. The van der Waals surface area contributed by atoms with Crippen LogP contribution in [-0.4, -0.2) is 35.9 Å². The number of halogens is 1. The predicted molar refractivity (Wildman–Crippen MR) is 74.6 cm³/mol. The van der Waals surface area contributed by atoms with Gasteiger partial charge in [-0.25, -0.2) is 4.98 Å². The third-order valence-electron chi connectivity index (χ3n) is 2.60. The van der Waals surface area contributed by atoms with E-state index >= 15 is 0 Å². The van der Waals surface area contributed by atoms with E-state index in [-0.39, 0.29) is 12.0 Å². The average molecular weight is 331 g/mol. The number of pyridine rings is 1. The zero-order valence-electron chi connectivity index (χ0n) is 10.1. The Morgan fingerprint density at radius 3 is 3.00 bits per heavy atom. The lowest BCUT2D eigenvalue weighted by atomic mass is 10.3. The summed E-state index contributed by atoms with van der Waals surface area (Å²) in [6.45, 7) is 0. The number of carbonyl (C=O) groups excluding carboxylic acids is 1. The molecule has 0 amide bonds. The van der Waals surface area contributed by atoms with Gasteiger partial charge in [0.25, 0.3) is 0 Å². The number of nitrogens with zero attached hydrogens (tertiary/aromatic N) is 1. The highest BCUT2D eigenvalue weighted by atomic mass is 79.9. The molecule has 1 unspecified atom stereocenters. The van der Waals surface area contributed by atoms with Crippen LogP contribution in [0.3, 0.4) is 0 Å². The summed E-state index contributed by atoms with van der Waals surface area (Å²) < 4.78 is 5.76. The van der Waals surface area contributed by atoms with Gasteiger partial charge < -0.3 is 10.1 Å². The van der Waals surface area contributed by atoms with Gasteiger partial charge in [-0.05, 0) is 40.9 Å². The minimum atomic E-state index is -0.252. The maximum atomic E-state index is 11.6. The van der Waals surface area contributed by atoms with E-state index in [2.05, 4.69) is 26.2 Å². The number of thioether (sulfide) groups is 1. The summed E-state index contributed by atoms with van der Waals surface area (Å²) in [7, 11) is 1.42. The van der Waals surface area contributed by atoms with Gasteiger partial charge in [-0.15, -0.1) is 11.8 Å². The molecule has 1 aliphatic carbocycles. The zero-order chi connectivity index (χ0) is 13.0. The van der Waals surface area contributed by atoms with Crippen molar-refractivity contribution in [3.05, 3.63) is 22.8 Å². The van der Waals surface area contributed by atoms with E-state index in [0.717, 1.165) is 22.3 Å². The summed E-state index contributed by atoms with van der Waals surface area (Å²) >= 11 is 4.90. The Hall–Kier alpha value is -0.590. The Balaban J connectivity index is 1.87. The molecular weight excluding hydrogens is 316 g/mol. The van der Waals surface area contributed by atoms with Gasteiger partial charge in [0, 0.05) is 22.5 Å². The van der Waals surface area contributed by atoms with Crippen molar-refractivity contribution in [3.63, 3.8) is 0 Å². The molecule has 1 saturated carbocycles. The van der Waals surface area contributed by atoms with Gasteiger partial charge in [0.05, 0.1) is 12.1 Å². The molecule has 1 N–H and O–H groups in total. The molecule has 1 aromatic heterocycles. The monoisotopic (exact) mass is 330 g/mol. The number of ether oxygens (including phenoxy) is 1. The molecule has 1 aliphatic rings. The minimum Gasteiger partial charge on any atom is -0.468 e. The molecule has 0 saturated heterocycles. The van der Waals surface area contributed by atoms with Gasteiger partial charge in [-0.1, -0.05) is 0 Å². The first-order valence-electron chi connectivity index (χ1n) is 5.77. The molecule has 0 bridgehead atoms. The molecule has 4 nitrogen and oxygen atoms in total. The highest BCUT2D eigenvalue weighted by Gasteiger charge is 2.28. The van der Waals surface area contributed by atoms with E-state index in [0.29, 0.717) is 11.8 Å². The molecule has 1 fully saturated rings. The first-order chi connectivity index (χ1) is 8.69. The Labute approximate surface area is 119 Å². The molecule has 0 aliphatic heterocycles. The molecule has 6 heteroatoms. The van der Waals surface area contributed by atoms with Crippen LogP contribution >= 0.6 is 27.7 Å². The lowest BCUT2D eigenvalue weighted by Crippen LogP contribution is -2.41. The van der Waals surface area contributed by atoms with Crippen molar-refractivity contribution < 1.29 is 9.53 Å². The van der Waals surface area contributed by atoms with Crippen molar-refractivity contribution in [3.8, 4) is 0 Å². The van der Waals surface area contributed by atoms with E-state index < -0.39 is 0 Å². The average Bonchev–Trinajstić information content (AvgIpc) is 3.19. The maximum Gasteiger partial charge on any atom is 0.323 e. The Bertz CT molecular complexity index is 409. The first-order valence-corrected chi connectivity index (χ1v) is 7.55. The number of methoxy groups -OCH3 is 1. The SMILES string of the molecule is COC(=O)C(CSc1ccc(Br)cn1)NC1CC1. The predicted octanol–water partition coefficient (Wildman–Crippen LogP) is 2.23. The molecule has 0 aromatic carbocycles. The molecule has 0 radical (unpaired) electrons. The van der Waals surface area contributed by atoms with Gasteiger partial charge >= 0.3 is 5.97 Å². The molecule has 18 heavy (non-hydrogen) atoms. The molecule has 1 atom stereocenters. The molecule has 1 aromatic rings. The number of hydrogen-bond acceptors (Lipinski definition) is 5. The number of nitrogens with one attached hydrogen (secondary N) is 1. The van der Waals surface area contributed by atoms with Crippen LogP contribution in [0.4, 0.5) is 0 Å². The summed E-state index contributed by atoms with van der Waals surface area (Å²) in [5.74, 6) is 0.434. The fourth-order valence-electron chi connectivity index (χ4n) is 1.48. The van der Waals surface area contributed by atoms with Gasteiger partial charge in [0.1, 0.15) is 6.04 Å². The van der Waals surface area contributed by atoms with Gasteiger partial charge in [0.15, 0.2) is 0 Å². The van der Waals surface area contributed by atoms with Crippen LogP contribution in [0, 0.1) is 0 Å². The number of rotatable bonds is 6. The summed E-state index contributed by atoms with van der Waals surface area (Å²) in [6.07, 6.45) is 4.05. The van der Waals surface area contributed by atoms with Crippen LogP contribution in [-0.2, 0) is 9.53 Å². The zero-order valence-corrected chi connectivity index (χ0v) is 12.5. The van der Waals surface area contributed by atoms with Crippen molar-refractivity contribution in [2.24, 2.45) is 0 Å². The fourth-order valence-corrected chi connectivity index (χ4v) is 2.57. The van der Waals surface area contributed by atoms with E-state index in [9.17, 15) is 4.79 Å². The summed E-state index contributed by atoms with van der Waals surface area (Å²) in [5.41, 5.74) is 0. The second-order valence-corrected chi connectivity index (χ2v) is 6.10. The minimum absolute atomic E-state index is 0.202. The van der Waals surface area contributed by atoms with Crippen molar-refractivity contribution in [1.82, 2.24) is 10.3 Å². The number of hydrogen-bond donors (Lipinski definition) is 1. The van der Waals surface area contributed by atoms with Gasteiger partial charge in [-0.3, -0.25) is 4.79 Å². The van der Waals surface area contributed by atoms with Crippen molar-refractivity contribution in [2.45, 2.75) is 30.0 Å². The molecule has 98 valence electrons. The van der Waals surface area contributed by atoms with Gasteiger partial charge in [0.2, 0.25) is 0 Å². The number of esters is 1. The van der Waals surface area contributed by atoms with Crippen LogP contribution in [0.2, 0.25) is 0 Å². The Morgan fingerprint density at radius 1 is 1.67 bits per heavy atom. The van der Waals surface area contributed by atoms with Crippen LogP contribution in [0.5, 0.6) is 0 Å². The first kappa shape index (κ1) is 13.8. The standard InChI is InChI=1S/C12H15BrN2O2S/c1-17-12(16)10(15-9-3-4-9)7-18-11-5-2-8(13)6-14-11/h2,5-6,9-10,15H,3-4,7H2,1H3.